The molecule has 0 bridgehead atoms. The molecule has 4 aromatic rings. The summed E-state index contributed by atoms with van der Waals surface area (Å²) >= 11 is 12.1. The van der Waals surface area contributed by atoms with E-state index >= 15 is 0 Å². The molecular weight excluding hydrogens is 545 g/mol. The van der Waals surface area contributed by atoms with E-state index in [1.807, 2.05) is 42.5 Å². The minimum atomic E-state index is -3.92. The molecule has 0 radical (unpaired) electrons. The molecule has 0 saturated heterocycles. The van der Waals surface area contributed by atoms with Gasteiger partial charge in [0.1, 0.15) is 11.5 Å². The average Bonchev–Trinajstić information content (AvgIpc) is 3.26. The summed E-state index contributed by atoms with van der Waals surface area (Å²) in [6.45, 7) is 0.169. The first-order valence-electron chi connectivity index (χ1n) is 11.9. The largest absolute Gasteiger partial charge is 0.481 e. The summed E-state index contributed by atoms with van der Waals surface area (Å²) in [6.07, 6.45) is 0.286. The number of hydrogen-bond acceptors (Lipinski definition) is 4. The normalized spacial score (nSPS) is 14.8. The highest BCUT2D eigenvalue weighted by molar-refractivity contribution is 7.92. The van der Waals surface area contributed by atoms with Crippen molar-refractivity contribution in [2.45, 2.75) is 23.7 Å². The van der Waals surface area contributed by atoms with Crippen molar-refractivity contribution in [2.75, 3.05) is 10.8 Å². The van der Waals surface area contributed by atoms with Gasteiger partial charge in [-0.15, -0.1) is 0 Å². The number of fused-ring (bicyclic) bond motifs is 1. The Labute approximate surface area is 231 Å². The molecule has 1 aliphatic heterocycles. The molecule has 0 aromatic heterocycles. The van der Waals surface area contributed by atoms with Gasteiger partial charge in [0, 0.05) is 28.9 Å². The molecule has 1 atom stereocenters. The Balaban J connectivity index is 1.44. The maximum atomic E-state index is 13.7. The number of carboxylic acids is 1. The minimum absolute atomic E-state index is 0.0485. The second kappa shape index (κ2) is 10.7. The van der Waals surface area contributed by atoms with Gasteiger partial charge in [0.05, 0.1) is 10.6 Å². The summed E-state index contributed by atoms with van der Waals surface area (Å²) in [5.74, 6) is -0.295. The van der Waals surface area contributed by atoms with Gasteiger partial charge in [-0.3, -0.25) is 9.10 Å². The van der Waals surface area contributed by atoms with Crippen LogP contribution in [0.3, 0.4) is 0 Å². The summed E-state index contributed by atoms with van der Waals surface area (Å²) in [5, 5.41) is 10.1. The number of ether oxygens (including phenoxy) is 1. The molecule has 6 nitrogen and oxygen atoms in total. The van der Waals surface area contributed by atoms with Gasteiger partial charge in [-0.1, -0.05) is 59.6 Å². The molecule has 0 spiro atoms. The van der Waals surface area contributed by atoms with Crippen LogP contribution in [0.5, 0.6) is 11.5 Å². The van der Waals surface area contributed by atoms with Crippen molar-refractivity contribution >= 4 is 44.9 Å². The number of rotatable bonds is 8. The highest BCUT2D eigenvalue weighted by Crippen LogP contribution is 2.43. The van der Waals surface area contributed by atoms with Crippen LogP contribution in [0.2, 0.25) is 10.0 Å². The Bertz CT molecular complexity index is 1570. The maximum absolute atomic E-state index is 13.7. The lowest BCUT2D eigenvalue weighted by molar-refractivity contribution is -0.137. The molecule has 1 heterocycles. The lowest BCUT2D eigenvalue weighted by Gasteiger charge is -2.20. The second-order valence-electron chi connectivity index (χ2n) is 8.98. The molecule has 0 aliphatic carbocycles. The fourth-order valence-electron chi connectivity index (χ4n) is 4.62. The van der Waals surface area contributed by atoms with E-state index in [0.29, 0.717) is 33.7 Å². The van der Waals surface area contributed by atoms with Gasteiger partial charge in [-0.05, 0) is 77.7 Å². The van der Waals surface area contributed by atoms with E-state index in [1.165, 1.54) is 16.4 Å². The van der Waals surface area contributed by atoms with Crippen molar-refractivity contribution < 1.29 is 23.1 Å². The van der Waals surface area contributed by atoms with E-state index in [2.05, 4.69) is 0 Å². The molecule has 1 unspecified atom stereocenters. The average molecular weight is 568 g/mol. The number of aliphatic carboxylic acids is 1. The fourth-order valence-corrected chi connectivity index (χ4v) is 6.66. The quantitative estimate of drug-likeness (QED) is 0.237. The summed E-state index contributed by atoms with van der Waals surface area (Å²) in [5.41, 5.74) is 3.35. The van der Waals surface area contributed by atoms with Crippen LogP contribution in [0, 0.1) is 0 Å². The van der Waals surface area contributed by atoms with Crippen LogP contribution in [0.25, 0.3) is 11.1 Å². The van der Waals surface area contributed by atoms with Gasteiger partial charge in [0.15, 0.2) is 0 Å². The molecule has 9 heteroatoms. The molecular formula is C29H23Cl2NO5S. The van der Waals surface area contributed by atoms with Crippen LogP contribution in [0.15, 0.2) is 95.9 Å². The van der Waals surface area contributed by atoms with E-state index in [1.54, 1.807) is 36.4 Å². The number of benzene rings is 4. The molecule has 1 aliphatic rings. The van der Waals surface area contributed by atoms with Crippen LogP contribution in [-0.2, 0) is 14.8 Å². The third-order valence-corrected chi connectivity index (χ3v) is 8.65. The lowest BCUT2D eigenvalue weighted by Crippen LogP contribution is -2.30. The van der Waals surface area contributed by atoms with Crippen LogP contribution < -0.4 is 9.04 Å². The predicted molar refractivity (Wildman–Crippen MR) is 149 cm³/mol. The zero-order valence-electron chi connectivity index (χ0n) is 20.1. The Morgan fingerprint density at radius 1 is 0.868 bits per heavy atom. The second-order valence-corrected chi connectivity index (χ2v) is 11.7. The van der Waals surface area contributed by atoms with Gasteiger partial charge in [-0.2, -0.15) is 0 Å². The molecule has 0 saturated carbocycles. The third kappa shape index (κ3) is 5.50. The minimum Gasteiger partial charge on any atom is -0.481 e. The zero-order valence-corrected chi connectivity index (χ0v) is 22.4. The van der Waals surface area contributed by atoms with E-state index in [-0.39, 0.29) is 23.8 Å². The summed E-state index contributed by atoms with van der Waals surface area (Å²) in [4.78, 5) is 11.4. The van der Waals surface area contributed by atoms with E-state index in [4.69, 9.17) is 27.9 Å². The van der Waals surface area contributed by atoms with Gasteiger partial charge in [-0.25, -0.2) is 8.42 Å². The SMILES string of the molecule is O=C(O)CCC1CN(S(=O)(=O)c2ccc(Oc3cc(Cl)cc(Cl)c3)cc2)c2ccc(-c3ccccc3)cc21. The molecule has 4 aromatic carbocycles. The van der Waals surface area contributed by atoms with Gasteiger partial charge < -0.3 is 9.84 Å². The maximum Gasteiger partial charge on any atom is 0.303 e. The van der Waals surface area contributed by atoms with Crippen molar-refractivity contribution in [2.24, 2.45) is 0 Å². The Kier molecular flexibility index (Phi) is 7.34. The van der Waals surface area contributed by atoms with Crippen LogP contribution in [0.4, 0.5) is 5.69 Å². The summed E-state index contributed by atoms with van der Waals surface area (Å²) in [7, 11) is -3.92. The molecule has 194 valence electrons. The fraction of sp³-hybridized carbons (Fsp3) is 0.138. The van der Waals surface area contributed by atoms with E-state index in [0.717, 1.165) is 16.7 Å². The topological polar surface area (TPSA) is 83.9 Å². The van der Waals surface area contributed by atoms with Crippen molar-refractivity contribution in [1.82, 2.24) is 0 Å². The number of hydrogen-bond donors (Lipinski definition) is 1. The van der Waals surface area contributed by atoms with Crippen LogP contribution in [-0.4, -0.2) is 26.0 Å². The Morgan fingerprint density at radius 2 is 1.55 bits per heavy atom. The molecule has 0 fully saturated rings. The highest BCUT2D eigenvalue weighted by atomic mass is 35.5. The van der Waals surface area contributed by atoms with E-state index < -0.39 is 16.0 Å². The zero-order chi connectivity index (χ0) is 26.9. The monoisotopic (exact) mass is 567 g/mol. The third-order valence-electron chi connectivity index (χ3n) is 6.42. The van der Waals surface area contributed by atoms with Gasteiger partial charge in [0.2, 0.25) is 0 Å². The van der Waals surface area contributed by atoms with Gasteiger partial charge >= 0.3 is 5.97 Å². The van der Waals surface area contributed by atoms with Crippen LogP contribution in [0.1, 0.15) is 24.3 Å². The van der Waals surface area contributed by atoms with E-state index in [9.17, 15) is 18.3 Å². The molecule has 5 rings (SSSR count). The number of sulfonamides is 1. The molecule has 1 N–H and O–H groups in total. The van der Waals surface area contributed by atoms with Gasteiger partial charge in [0.25, 0.3) is 10.0 Å². The number of halogens is 2. The first kappa shape index (κ1) is 26.1. The molecule has 0 amide bonds. The van der Waals surface area contributed by atoms with Crippen molar-refractivity contribution in [1.29, 1.82) is 0 Å². The smallest absolute Gasteiger partial charge is 0.303 e. The first-order valence-corrected chi connectivity index (χ1v) is 14.1. The number of carbonyl (C=O) groups is 1. The van der Waals surface area contributed by atoms with Crippen molar-refractivity contribution in [3.63, 3.8) is 0 Å². The van der Waals surface area contributed by atoms with Crippen molar-refractivity contribution in [3.8, 4) is 22.6 Å². The number of nitrogens with zero attached hydrogens (tertiary/aromatic N) is 1. The summed E-state index contributed by atoms with van der Waals surface area (Å²) < 4.78 is 34.6. The van der Waals surface area contributed by atoms with Crippen LogP contribution >= 0.6 is 23.2 Å². The summed E-state index contributed by atoms with van der Waals surface area (Å²) in [6, 6.07) is 26.4. The van der Waals surface area contributed by atoms with Crippen molar-refractivity contribution in [3.05, 3.63) is 107 Å². The first-order chi connectivity index (χ1) is 18.2. The number of carboxylic acid groups (broad SMARTS) is 1. The predicted octanol–water partition coefficient (Wildman–Crippen LogP) is 7.61. The number of anilines is 1. The lowest BCUT2D eigenvalue weighted by atomic mass is 9.93. The molecule has 38 heavy (non-hydrogen) atoms. The Morgan fingerprint density at radius 3 is 2.21 bits per heavy atom. The standard InChI is InChI=1S/C29H23Cl2NO5S/c30-22-15-23(31)17-25(16-22)37-24-8-10-26(11-9-24)38(35,36)32-18-21(7-13-29(33)34)27-14-20(6-12-28(27)32)19-4-2-1-3-5-19/h1-6,8-12,14-17,21H,7,13,18H2,(H,33,34). The Hall–Kier alpha value is -3.52. The highest BCUT2D eigenvalue weighted by Gasteiger charge is 2.37.